The van der Waals surface area contributed by atoms with Gasteiger partial charge in [0.25, 0.3) is 5.91 Å². The molecule has 0 aliphatic heterocycles. The van der Waals surface area contributed by atoms with Crippen molar-refractivity contribution in [3.8, 4) is 0 Å². The molecule has 1 aliphatic rings. The first-order valence-corrected chi connectivity index (χ1v) is 7.77. The Balaban J connectivity index is 2.25. The van der Waals surface area contributed by atoms with Gasteiger partial charge in [0, 0.05) is 11.3 Å². The van der Waals surface area contributed by atoms with Crippen molar-refractivity contribution >= 4 is 23.5 Å². The lowest BCUT2D eigenvalue weighted by molar-refractivity contribution is -0.141. The van der Waals surface area contributed by atoms with Gasteiger partial charge in [0.2, 0.25) is 0 Å². The average Bonchev–Trinajstić information content (AvgIpc) is 2.85. The molecule has 0 spiro atoms. The summed E-state index contributed by atoms with van der Waals surface area (Å²) in [6.45, 7) is 0. The summed E-state index contributed by atoms with van der Waals surface area (Å²) >= 11 is 1.73. The number of aromatic nitrogens is 1. The second-order valence-electron chi connectivity index (χ2n) is 4.97. The molecule has 21 heavy (non-hydrogen) atoms. The van der Waals surface area contributed by atoms with E-state index in [-0.39, 0.29) is 17.4 Å². The molecular weight excluding hydrogens is 303 g/mol. The van der Waals surface area contributed by atoms with E-state index in [4.69, 9.17) is 5.73 Å². The highest BCUT2D eigenvalue weighted by Crippen LogP contribution is 2.32. The highest BCUT2D eigenvalue weighted by atomic mass is 32.2. The Hall–Kier alpha value is -1.44. The summed E-state index contributed by atoms with van der Waals surface area (Å²) in [5.74, 6) is -0.873. The number of hydrogen-bond acceptors (Lipinski definition) is 4. The van der Waals surface area contributed by atoms with E-state index in [1.807, 2.05) is 6.26 Å². The third-order valence-corrected chi connectivity index (χ3v) is 4.60. The monoisotopic (exact) mass is 319 g/mol. The largest absolute Gasteiger partial charge is 0.433 e. The first-order valence-electron chi connectivity index (χ1n) is 6.48. The molecular formula is C13H16F3N3OS. The molecule has 0 aromatic carbocycles. The number of nitrogens with one attached hydrogen (secondary N) is 1. The van der Waals surface area contributed by atoms with Crippen LogP contribution in [0.5, 0.6) is 0 Å². The smallest absolute Gasteiger partial charge is 0.367 e. The summed E-state index contributed by atoms with van der Waals surface area (Å²) in [7, 11) is 0. The molecule has 1 heterocycles. The third kappa shape index (κ3) is 3.81. The Morgan fingerprint density at radius 2 is 2.14 bits per heavy atom. The maximum absolute atomic E-state index is 12.7. The van der Waals surface area contributed by atoms with Crippen molar-refractivity contribution in [2.75, 3.05) is 11.6 Å². The normalized spacial score (nSPS) is 22.3. The summed E-state index contributed by atoms with van der Waals surface area (Å²) in [5.41, 5.74) is 4.15. The molecule has 2 atom stereocenters. The minimum Gasteiger partial charge on any atom is -0.367 e. The van der Waals surface area contributed by atoms with Crippen molar-refractivity contribution in [3.05, 3.63) is 23.4 Å². The molecule has 1 aromatic heterocycles. The van der Waals surface area contributed by atoms with Crippen LogP contribution in [0.15, 0.2) is 12.1 Å². The molecule has 1 saturated carbocycles. The number of alkyl halides is 3. The Labute approximate surface area is 124 Å². The first kappa shape index (κ1) is 15.9. The summed E-state index contributed by atoms with van der Waals surface area (Å²) in [5, 5.41) is 3.42. The summed E-state index contributed by atoms with van der Waals surface area (Å²) in [6, 6.07) is 1.85. The number of thioether (sulfide) groups is 1. The zero-order chi connectivity index (χ0) is 15.6. The van der Waals surface area contributed by atoms with E-state index in [9.17, 15) is 18.0 Å². The number of primary amides is 1. The van der Waals surface area contributed by atoms with E-state index < -0.39 is 17.8 Å². The molecule has 4 nitrogen and oxygen atoms in total. The molecule has 1 aliphatic carbocycles. The van der Waals surface area contributed by atoms with Crippen LogP contribution in [-0.2, 0) is 6.18 Å². The number of carbonyl (C=O) groups excluding carboxylic acids is 1. The van der Waals surface area contributed by atoms with Gasteiger partial charge < -0.3 is 11.1 Å². The van der Waals surface area contributed by atoms with Crippen LogP contribution in [0.25, 0.3) is 0 Å². The topological polar surface area (TPSA) is 68.0 Å². The van der Waals surface area contributed by atoms with Crippen LogP contribution in [0.4, 0.5) is 19.0 Å². The van der Waals surface area contributed by atoms with Gasteiger partial charge in [0.15, 0.2) is 0 Å². The molecule has 1 aromatic rings. The fourth-order valence-electron chi connectivity index (χ4n) is 2.40. The van der Waals surface area contributed by atoms with E-state index >= 15 is 0 Å². The van der Waals surface area contributed by atoms with Gasteiger partial charge in [-0.05, 0) is 37.7 Å². The van der Waals surface area contributed by atoms with Crippen molar-refractivity contribution in [2.45, 2.75) is 36.7 Å². The lowest BCUT2D eigenvalue weighted by Crippen LogP contribution is -2.23. The molecule has 3 N–H and O–H groups in total. The van der Waals surface area contributed by atoms with E-state index in [0.29, 0.717) is 5.25 Å². The molecule has 2 unspecified atom stereocenters. The second-order valence-corrected chi connectivity index (χ2v) is 6.10. The van der Waals surface area contributed by atoms with Crippen LogP contribution in [0.3, 0.4) is 0 Å². The van der Waals surface area contributed by atoms with Crippen LogP contribution >= 0.6 is 11.8 Å². The van der Waals surface area contributed by atoms with Gasteiger partial charge in [0.1, 0.15) is 11.5 Å². The van der Waals surface area contributed by atoms with E-state index in [2.05, 4.69) is 10.3 Å². The van der Waals surface area contributed by atoms with Gasteiger partial charge >= 0.3 is 6.18 Å². The summed E-state index contributed by atoms with van der Waals surface area (Å²) in [6.07, 6.45) is 0.108. The molecule has 8 heteroatoms. The number of rotatable bonds is 4. The van der Waals surface area contributed by atoms with Gasteiger partial charge in [-0.2, -0.15) is 24.9 Å². The maximum atomic E-state index is 12.7. The fraction of sp³-hybridized carbons (Fsp3) is 0.538. The molecule has 1 fully saturated rings. The zero-order valence-electron chi connectivity index (χ0n) is 11.4. The molecule has 116 valence electrons. The van der Waals surface area contributed by atoms with E-state index in [1.54, 1.807) is 11.8 Å². The SMILES string of the molecule is CSC1CCC(Nc2nc(C(F)(F)F)ccc2C(N)=O)C1. The lowest BCUT2D eigenvalue weighted by Gasteiger charge is -2.17. The summed E-state index contributed by atoms with van der Waals surface area (Å²) < 4.78 is 38.2. The number of anilines is 1. The number of nitrogens with zero attached hydrogens (tertiary/aromatic N) is 1. The van der Waals surface area contributed by atoms with Crippen molar-refractivity contribution in [2.24, 2.45) is 5.73 Å². The number of carbonyl (C=O) groups is 1. The van der Waals surface area contributed by atoms with Crippen molar-refractivity contribution < 1.29 is 18.0 Å². The van der Waals surface area contributed by atoms with Crippen LogP contribution in [0.1, 0.15) is 35.3 Å². The minimum atomic E-state index is -4.55. The quantitative estimate of drug-likeness (QED) is 0.895. The molecule has 0 radical (unpaired) electrons. The second kappa shape index (κ2) is 6.13. The van der Waals surface area contributed by atoms with Crippen LogP contribution in [0.2, 0.25) is 0 Å². The van der Waals surface area contributed by atoms with Gasteiger partial charge in [-0.3, -0.25) is 4.79 Å². The van der Waals surface area contributed by atoms with Gasteiger partial charge in [0.05, 0.1) is 5.56 Å². The lowest BCUT2D eigenvalue weighted by atomic mass is 10.2. The number of hydrogen-bond donors (Lipinski definition) is 2. The highest BCUT2D eigenvalue weighted by molar-refractivity contribution is 7.99. The van der Waals surface area contributed by atoms with E-state index in [1.165, 1.54) is 0 Å². The van der Waals surface area contributed by atoms with Gasteiger partial charge in [-0.15, -0.1) is 0 Å². The fourth-order valence-corrected chi connectivity index (χ4v) is 3.20. The number of pyridine rings is 1. The average molecular weight is 319 g/mol. The van der Waals surface area contributed by atoms with Crippen molar-refractivity contribution in [1.29, 1.82) is 0 Å². The van der Waals surface area contributed by atoms with Crippen LogP contribution in [-0.4, -0.2) is 28.4 Å². The van der Waals surface area contributed by atoms with Crippen LogP contribution in [0, 0.1) is 0 Å². The predicted molar refractivity (Wildman–Crippen MR) is 76.3 cm³/mol. The van der Waals surface area contributed by atoms with Crippen molar-refractivity contribution in [1.82, 2.24) is 4.98 Å². The van der Waals surface area contributed by atoms with Crippen LogP contribution < -0.4 is 11.1 Å². The van der Waals surface area contributed by atoms with Gasteiger partial charge in [-0.25, -0.2) is 4.98 Å². The molecule has 0 bridgehead atoms. The van der Waals surface area contributed by atoms with Gasteiger partial charge in [-0.1, -0.05) is 0 Å². The first-order chi connectivity index (χ1) is 9.81. The molecule has 2 rings (SSSR count). The number of nitrogens with two attached hydrogens (primary N) is 1. The molecule has 0 saturated heterocycles. The van der Waals surface area contributed by atoms with Crippen molar-refractivity contribution in [3.63, 3.8) is 0 Å². The highest BCUT2D eigenvalue weighted by Gasteiger charge is 2.34. The maximum Gasteiger partial charge on any atom is 0.433 e. The third-order valence-electron chi connectivity index (χ3n) is 3.51. The standard InChI is InChI=1S/C13H16F3N3OS/c1-21-8-3-2-7(6-8)18-12-9(11(17)20)4-5-10(19-12)13(14,15)16/h4-5,7-8H,2-3,6H2,1H3,(H2,17,20)(H,18,19). The summed E-state index contributed by atoms with van der Waals surface area (Å²) in [4.78, 5) is 14.9. The zero-order valence-corrected chi connectivity index (χ0v) is 12.2. The Bertz CT molecular complexity index is 536. The predicted octanol–water partition coefficient (Wildman–Crippen LogP) is 2.90. The Kier molecular flexibility index (Phi) is 4.65. The van der Waals surface area contributed by atoms with E-state index in [0.717, 1.165) is 31.4 Å². The number of amides is 1. The number of halogens is 3. The molecule has 1 amide bonds. The Morgan fingerprint density at radius 3 is 2.67 bits per heavy atom. The minimum absolute atomic E-state index is 0.0107. The Morgan fingerprint density at radius 1 is 1.43 bits per heavy atom.